The number of aliphatic hydroxyl groups excluding tert-OH is 2. The van der Waals surface area contributed by atoms with E-state index >= 15 is 0 Å². The van der Waals surface area contributed by atoms with Gasteiger partial charge in [-0.05, 0) is 0 Å². The molecule has 2 unspecified atom stereocenters. The summed E-state index contributed by atoms with van der Waals surface area (Å²) >= 11 is 0. The monoisotopic (exact) mass is 508 g/mol. The van der Waals surface area contributed by atoms with Gasteiger partial charge >= 0.3 is 58.7 Å². The van der Waals surface area contributed by atoms with Crippen LogP contribution in [0, 0.1) is 0 Å². The topological polar surface area (TPSA) is 264 Å². The van der Waals surface area contributed by atoms with E-state index in [1.807, 2.05) is 4.98 Å². The van der Waals surface area contributed by atoms with Gasteiger partial charge in [-0.2, -0.15) is 8.62 Å². The molecule has 21 heteroatoms. The molecule has 1 saturated heterocycles. The molecule has 0 radical (unpaired) electrons. The number of H-pyrrole nitrogens is 1. The summed E-state index contributed by atoms with van der Waals surface area (Å²) in [6.45, 7) is -1.05. The van der Waals surface area contributed by atoms with Crippen molar-refractivity contribution >= 4 is 53.0 Å². The van der Waals surface area contributed by atoms with E-state index in [2.05, 4.69) is 13.1 Å². The molecular weight excluding hydrogens is 492 g/mol. The van der Waals surface area contributed by atoms with Gasteiger partial charge in [-0.1, -0.05) is 0 Å². The number of aliphatic hydroxyl groups is 2. The molecule has 6 atom stereocenters. The summed E-state index contributed by atoms with van der Waals surface area (Å²) < 4.78 is 50.6. The second-order valence-electron chi connectivity index (χ2n) is 5.45. The van der Waals surface area contributed by atoms with Gasteiger partial charge in [0.1, 0.15) is 18.3 Å². The number of phosphoric ester groups is 1. The number of nitrogens with zero attached hydrogens (tertiary/aromatic N) is 1. The van der Waals surface area contributed by atoms with Crippen LogP contribution < -0.4 is 11.2 Å². The molecule has 1 aliphatic rings. The molecule has 1 aromatic heterocycles. The summed E-state index contributed by atoms with van der Waals surface area (Å²) in [5.74, 6) is 0. The summed E-state index contributed by atoms with van der Waals surface area (Å²) in [5, 5.41) is 19.9. The van der Waals surface area contributed by atoms with E-state index in [1.54, 1.807) is 0 Å². The van der Waals surface area contributed by atoms with Crippen LogP contribution in [-0.4, -0.2) is 93.8 Å². The Morgan fingerprint density at radius 1 is 1.03 bits per heavy atom. The third kappa shape index (κ3) is 7.83. The molecule has 0 aliphatic carbocycles. The van der Waals surface area contributed by atoms with Gasteiger partial charge in [-0.15, -0.1) is 0 Å². The van der Waals surface area contributed by atoms with Crippen LogP contribution in [0.1, 0.15) is 6.23 Å². The molecule has 168 valence electrons. The molecule has 30 heavy (non-hydrogen) atoms. The molecule has 0 amide bonds. The van der Waals surface area contributed by atoms with Gasteiger partial charge in [0, 0.05) is 12.3 Å². The molecule has 0 aromatic carbocycles. The van der Waals surface area contributed by atoms with Gasteiger partial charge in [0.15, 0.2) is 6.23 Å². The Kier molecular flexibility index (Phi) is 9.59. The number of aromatic amines is 1. The van der Waals surface area contributed by atoms with Crippen LogP contribution in [0.4, 0.5) is 0 Å². The Morgan fingerprint density at radius 3 is 2.17 bits per heavy atom. The Bertz CT molecular complexity index is 1000. The van der Waals surface area contributed by atoms with Crippen LogP contribution in [0.3, 0.4) is 0 Å². The zero-order valence-electron chi connectivity index (χ0n) is 13.8. The van der Waals surface area contributed by atoms with E-state index in [4.69, 9.17) is 19.4 Å². The standard InChI is InChI=1S/C9H15N2O15P3.Na.H/c12-5-1-2-11(9(15)10-5)8-7(14)6(13)4(24-8)3-23-28(19,20)26-29(21,22)25-27(16,17)18;;/h1-2,4,6-8,13-14H,3H2,(H,19,20)(H,21,22)(H,10,12,15)(H2,16,17,18);;/t4-,6-,7-,8-;;/m1../s1. The number of rotatable bonds is 8. The fourth-order valence-corrected chi connectivity index (χ4v) is 5.23. The molecular formula is C9H16N2NaO15P3. The van der Waals surface area contributed by atoms with Crippen molar-refractivity contribution in [2.45, 2.75) is 24.5 Å². The minimum atomic E-state index is -5.73. The number of hydrogen-bond acceptors (Lipinski definition) is 11. The van der Waals surface area contributed by atoms with Crippen LogP contribution in [0.5, 0.6) is 0 Å². The van der Waals surface area contributed by atoms with Crippen molar-refractivity contribution in [3.05, 3.63) is 33.1 Å². The van der Waals surface area contributed by atoms with Gasteiger partial charge in [0.2, 0.25) is 0 Å². The first-order chi connectivity index (χ1) is 13.1. The average molecular weight is 508 g/mol. The first kappa shape index (κ1) is 28.0. The van der Waals surface area contributed by atoms with E-state index in [0.717, 1.165) is 12.3 Å². The minimum absolute atomic E-state index is 0. The Labute approximate surface area is 188 Å². The van der Waals surface area contributed by atoms with E-state index in [9.17, 15) is 38.4 Å². The summed E-state index contributed by atoms with van der Waals surface area (Å²) in [6.07, 6.45) is -5.70. The third-order valence-corrected chi connectivity index (χ3v) is 7.08. The normalized spacial score (nSPS) is 28.3. The summed E-state index contributed by atoms with van der Waals surface area (Å²) in [4.78, 5) is 59.9. The van der Waals surface area contributed by atoms with Crippen molar-refractivity contribution in [1.29, 1.82) is 0 Å². The predicted molar refractivity (Wildman–Crippen MR) is 94.2 cm³/mol. The zero-order valence-corrected chi connectivity index (χ0v) is 16.5. The molecule has 1 fully saturated rings. The number of aromatic nitrogens is 2. The van der Waals surface area contributed by atoms with Crippen LogP contribution in [0.2, 0.25) is 0 Å². The van der Waals surface area contributed by atoms with Gasteiger partial charge in [0.25, 0.3) is 5.56 Å². The average Bonchev–Trinajstić information content (AvgIpc) is 2.78. The van der Waals surface area contributed by atoms with Crippen LogP contribution in [0.15, 0.2) is 21.9 Å². The maximum atomic E-state index is 11.7. The van der Waals surface area contributed by atoms with Crippen LogP contribution in [-0.2, 0) is 31.6 Å². The number of ether oxygens (including phenoxy) is 1. The summed E-state index contributed by atoms with van der Waals surface area (Å²) in [5.41, 5.74) is -1.74. The molecule has 17 nitrogen and oxygen atoms in total. The van der Waals surface area contributed by atoms with Crippen molar-refractivity contribution in [3.8, 4) is 0 Å². The SMILES string of the molecule is O=c1ccn([C@@H]2O[C@H](COP(=O)(O)OP(=O)(O)OP(=O)(O)O)[C@@H](O)[C@H]2O)c(=O)[nH]1.[NaH]. The second kappa shape index (κ2) is 10.3. The van der Waals surface area contributed by atoms with Crippen LogP contribution in [0.25, 0.3) is 0 Å². The summed E-state index contributed by atoms with van der Waals surface area (Å²) in [6, 6.07) is 0.920. The van der Waals surface area contributed by atoms with Gasteiger partial charge in [-0.25, -0.2) is 18.5 Å². The van der Waals surface area contributed by atoms with E-state index in [-0.39, 0.29) is 29.6 Å². The third-order valence-electron chi connectivity index (χ3n) is 3.28. The first-order valence-electron chi connectivity index (χ1n) is 7.22. The number of nitrogens with one attached hydrogen (secondary N) is 1. The molecule has 2 heterocycles. The Morgan fingerprint density at radius 2 is 1.63 bits per heavy atom. The fourth-order valence-electron chi connectivity index (χ4n) is 2.20. The first-order valence-corrected chi connectivity index (χ1v) is 11.7. The second-order valence-corrected chi connectivity index (χ2v) is 9.87. The molecule has 1 aromatic rings. The molecule has 7 N–H and O–H groups in total. The molecule has 2 rings (SSSR count). The molecule has 0 spiro atoms. The molecule has 1 aliphatic heterocycles. The predicted octanol–water partition coefficient (Wildman–Crippen LogP) is -3.15. The van der Waals surface area contributed by atoms with E-state index < -0.39 is 65.9 Å². The van der Waals surface area contributed by atoms with Crippen molar-refractivity contribution in [3.63, 3.8) is 0 Å². The molecule has 0 bridgehead atoms. The summed E-state index contributed by atoms with van der Waals surface area (Å²) in [7, 11) is -16.8. The fraction of sp³-hybridized carbons (Fsp3) is 0.556. The van der Waals surface area contributed by atoms with Crippen molar-refractivity contribution < 1.29 is 61.4 Å². The van der Waals surface area contributed by atoms with Crippen molar-refractivity contribution in [2.75, 3.05) is 6.61 Å². The quantitative estimate of drug-likeness (QED) is 0.135. The van der Waals surface area contributed by atoms with Crippen LogP contribution >= 0.6 is 23.5 Å². The van der Waals surface area contributed by atoms with E-state index in [0.29, 0.717) is 4.57 Å². The van der Waals surface area contributed by atoms with Crippen molar-refractivity contribution in [1.82, 2.24) is 9.55 Å². The van der Waals surface area contributed by atoms with Gasteiger partial charge in [-0.3, -0.25) is 18.9 Å². The Hall–Kier alpha value is -0.0300. The molecule has 0 saturated carbocycles. The Balaban J connectivity index is 0.00000450. The number of phosphoric acid groups is 3. The van der Waals surface area contributed by atoms with E-state index in [1.165, 1.54) is 0 Å². The maximum absolute atomic E-state index is 11.7. The van der Waals surface area contributed by atoms with Gasteiger partial charge in [0.05, 0.1) is 6.61 Å². The van der Waals surface area contributed by atoms with Gasteiger partial charge < -0.3 is 34.5 Å². The van der Waals surface area contributed by atoms with Crippen molar-refractivity contribution in [2.24, 2.45) is 0 Å². The number of hydrogen-bond donors (Lipinski definition) is 7. The zero-order chi connectivity index (χ0) is 22.2.